The monoisotopic (exact) mass is 431 g/mol. The van der Waals surface area contributed by atoms with Crippen LogP contribution in [0.25, 0.3) is 0 Å². The van der Waals surface area contributed by atoms with Gasteiger partial charge in [0.2, 0.25) is 0 Å². The fraction of sp³-hybridized carbons (Fsp3) is 0.120. The van der Waals surface area contributed by atoms with Gasteiger partial charge >= 0.3 is 0 Å². The maximum absolute atomic E-state index is 13.2. The van der Waals surface area contributed by atoms with E-state index in [0.717, 1.165) is 27.7 Å². The van der Waals surface area contributed by atoms with Crippen molar-refractivity contribution < 1.29 is 9.18 Å². The number of amidine groups is 1. The molecular formula is C25H22FN3OS. The molecule has 1 amide bonds. The van der Waals surface area contributed by atoms with Gasteiger partial charge in [-0.05, 0) is 42.3 Å². The summed E-state index contributed by atoms with van der Waals surface area (Å²) in [6.07, 6.45) is 0. The first-order valence-corrected chi connectivity index (χ1v) is 10.9. The maximum atomic E-state index is 13.2. The molecule has 1 atom stereocenters. The molecule has 0 aliphatic carbocycles. The molecule has 4 nitrogen and oxygen atoms in total. The molecule has 31 heavy (non-hydrogen) atoms. The molecule has 1 aliphatic heterocycles. The van der Waals surface area contributed by atoms with Gasteiger partial charge in [-0.15, -0.1) is 0 Å². The first-order chi connectivity index (χ1) is 15.1. The first-order valence-electron chi connectivity index (χ1n) is 9.94. The summed E-state index contributed by atoms with van der Waals surface area (Å²) in [5, 5.41) is 6.97. The zero-order valence-corrected chi connectivity index (χ0v) is 17.8. The smallest absolute Gasteiger partial charge is 0.255 e. The number of amides is 1. The van der Waals surface area contributed by atoms with Gasteiger partial charge in [-0.25, -0.2) is 9.38 Å². The number of carbonyl (C=O) groups is 1. The van der Waals surface area contributed by atoms with Gasteiger partial charge in [0.15, 0.2) is 5.17 Å². The number of para-hydroxylation sites is 1. The Morgan fingerprint density at radius 2 is 1.65 bits per heavy atom. The molecule has 0 radical (unpaired) electrons. The van der Waals surface area contributed by atoms with Crippen LogP contribution < -0.4 is 10.6 Å². The maximum Gasteiger partial charge on any atom is 0.255 e. The summed E-state index contributed by atoms with van der Waals surface area (Å²) in [4.78, 5) is 18.0. The van der Waals surface area contributed by atoms with Crippen LogP contribution in [0.5, 0.6) is 0 Å². The third-order valence-corrected chi connectivity index (χ3v) is 5.86. The first kappa shape index (κ1) is 20.9. The molecule has 0 saturated carbocycles. The molecule has 2 N–H and O–H groups in total. The van der Waals surface area contributed by atoms with Crippen LogP contribution in [-0.4, -0.2) is 11.1 Å². The van der Waals surface area contributed by atoms with Crippen molar-refractivity contribution in [2.45, 2.75) is 18.7 Å². The van der Waals surface area contributed by atoms with E-state index in [0.29, 0.717) is 11.3 Å². The van der Waals surface area contributed by atoms with Crippen LogP contribution in [0.2, 0.25) is 0 Å². The van der Waals surface area contributed by atoms with Crippen LogP contribution in [0.15, 0.2) is 101 Å². The fourth-order valence-electron chi connectivity index (χ4n) is 3.34. The van der Waals surface area contributed by atoms with Crippen LogP contribution in [0, 0.1) is 5.82 Å². The van der Waals surface area contributed by atoms with Crippen LogP contribution >= 0.6 is 11.8 Å². The number of nitrogens with zero attached hydrogens (tertiary/aromatic N) is 1. The Labute approximate surface area is 185 Å². The van der Waals surface area contributed by atoms with Gasteiger partial charge in [0, 0.05) is 17.1 Å². The molecule has 0 saturated heterocycles. The van der Waals surface area contributed by atoms with Crippen molar-refractivity contribution in [2.24, 2.45) is 4.99 Å². The van der Waals surface area contributed by atoms with E-state index in [1.54, 1.807) is 12.1 Å². The lowest BCUT2D eigenvalue weighted by molar-refractivity contribution is -0.113. The minimum atomic E-state index is -0.415. The molecule has 1 heterocycles. The molecule has 4 rings (SSSR count). The van der Waals surface area contributed by atoms with Crippen LogP contribution in [-0.2, 0) is 10.5 Å². The van der Waals surface area contributed by atoms with Gasteiger partial charge in [-0.2, -0.15) is 0 Å². The molecule has 3 aromatic rings. The van der Waals surface area contributed by atoms with Crippen molar-refractivity contribution in [2.75, 3.05) is 5.32 Å². The molecule has 1 aliphatic rings. The largest absolute Gasteiger partial charge is 0.338 e. The predicted molar refractivity (Wildman–Crippen MR) is 125 cm³/mol. The lowest BCUT2D eigenvalue weighted by Gasteiger charge is -2.26. The van der Waals surface area contributed by atoms with Gasteiger partial charge in [0.05, 0.1) is 5.57 Å². The highest BCUT2D eigenvalue weighted by Crippen LogP contribution is 2.33. The summed E-state index contributed by atoms with van der Waals surface area (Å²) >= 11 is 1.53. The van der Waals surface area contributed by atoms with E-state index >= 15 is 0 Å². The second-order valence-corrected chi connectivity index (χ2v) is 8.11. The highest BCUT2D eigenvalue weighted by Gasteiger charge is 2.29. The van der Waals surface area contributed by atoms with Gasteiger partial charge < -0.3 is 10.6 Å². The van der Waals surface area contributed by atoms with E-state index in [-0.39, 0.29) is 11.7 Å². The molecule has 0 spiro atoms. The minimum Gasteiger partial charge on any atom is -0.338 e. The van der Waals surface area contributed by atoms with Gasteiger partial charge in [-0.3, -0.25) is 4.79 Å². The standard InChI is InChI=1S/C25H22FN3OS/c1-17-22(24(30)28-21-10-6-3-7-11-21)23(19-8-4-2-5-9-19)29-25(27-17)31-16-18-12-14-20(26)15-13-18/h2-15,23H,16H2,1H3,(H,27,29)(H,28,30)/t23-/m1/s1. The van der Waals surface area contributed by atoms with Crippen molar-refractivity contribution in [1.82, 2.24) is 5.32 Å². The minimum absolute atomic E-state index is 0.184. The number of aliphatic imine (C=N–C) groups is 1. The molecule has 0 fully saturated rings. The quantitative estimate of drug-likeness (QED) is 0.547. The number of rotatable bonds is 5. The average Bonchev–Trinajstić information content (AvgIpc) is 2.79. The lowest BCUT2D eigenvalue weighted by atomic mass is 9.96. The number of hydrogen-bond acceptors (Lipinski definition) is 4. The fourth-order valence-corrected chi connectivity index (χ4v) is 4.24. The van der Waals surface area contributed by atoms with E-state index < -0.39 is 6.04 Å². The molecule has 0 aromatic heterocycles. The second kappa shape index (κ2) is 9.62. The Balaban J connectivity index is 1.58. The van der Waals surface area contributed by atoms with E-state index in [2.05, 4.69) is 10.6 Å². The molecular weight excluding hydrogens is 409 g/mol. The molecule has 6 heteroatoms. The normalized spacial score (nSPS) is 15.8. The highest BCUT2D eigenvalue weighted by molar-refractivity contribution is 8.13. The third kappa shape index (κ3) is 5.22. The predicted octanol–water partition coefficient (Wildman–Crippen LogP) is 5.67. The van der Waals surface area contributed by atoms with Gasteiger partial charge in [0.1, 0.15) is 11.9 Å². The third-order valence-electron chi connectivity index (χ3n) is 4.90. The summed E-state index contributed by atoms with van der Waals surface area (Å²) in [6.45, 7) is 1.89. The molecule has 3 aromatic carbocycles. The van der Waals surface area contributed by atoms with E-state index in [1.165, 1.54) is 23.9 Å². The number of hydrogen-bond donors (Lipinski definition) is 2. The van der Waals surface area contributed by atoms with Crippen LogP contribution in [0.3, 0.4) is 0 Å². The zero-order valence-electron chi connectivity index (χ0n) is 17.0. The SMILES string of the molecule is CC1=C(C(=O)Nc2ccccc2)[C@@H](c2ccccc2)N=C(SCc2ccc(F)cc2)N1. The topological polar surface area (TPSA) is 53.5 Å². The Morgan fingerprint density at radius 3 is 2.32 bits per heavy atom. The van der Waals surface area contributed by atoms with Crippen LogP contribution in [0.1, 0.15) is 24.1 Å². The van der Waals surface area contributed by atoms with Crippen molar-refractivity contribution in [3.63, 3.8) is 0 Å². The lowest BCUT2D eigenvalue weighted by Crippen LogP contribution is -2.32. The van der Waals surface area contributed by atoms with Gasteiger partial charge in [-0.1, -0.05) is 72.4 Å². The Bertz CT molecular complexity index is 1110. The molecule has 0 unspecified atom stereocenters. The number of halogens is 1. The number of benzene rings is 3. The van der Waals surface area contributed by atoms with Crippen LogP contribution in [0.4, 0.5) is 10.1 Å². The molecule has 0 bridgehead atoms. The van der Waals surface area contributed by atoms with E-state index in [9.17, 15) is 9.18 Å². The zero-order chi connectivity index (χ0) is 21.6. The Kier molecular flexibility index (Phi) is 6.48. The summed E-state index contributed by atoms with van der Waals surface area (Å²) in [5.74, 6) is 0.210. The number of anilines is 1. The summed E-state index contributed by atoms with van der Waals surface area (Å²) in [5.41, 5.74) is 4.03. The van der Waals surface area contributed by atoms with Crippen molar-refractivity contribution in [1.29, 1.82) is 0 Å². The van der Waals surface area contributed by atoms with Crippen molar-refractivity contribution in [3.8, 4) is 0 Å². The Morgan fingerprint density at radius 1 is 1.00 bits per heavy atom. The van der Waals surface area contributed by atoms with Gasteiger partial charge in [0.25, 0.3) is 5.91 Å². The number of nitrogens with one attached hydrogen (secondary N) is 2. The summed E-state index contributed by atoms with van der Waals surface area (Å²) in [6, 6.07) is 25.2. The number of thioether (sulfide) groups is 1. The number of allylic oxidation sites excluding steroid dienone is 1. The second-order valence-electron chi connectivity index (χ2n) is 7.15. The highest BCUT2D eigenvalue weighted by atomic mass is 32.2. The molecule has 156 valence electrons. The van der Waals surface area contributed by atoms with E-state index in [4.69, 9.17) is 4.99 Å². The van der Waals surface area contributed by atoms with Crippen molar-refractivity contribution in [3.05, 3.63) is 113 Å². The van der Waals surface area contributed by atoms with E-state index in [1.807, 2.05) is 67.6 Å². The summed E-state index contributed by atoms with van der Waals surface area (Å²) < 4.78 is 13.2. The average molecular weight is 432 g/mol. The number of carbonyl (C=O) groups excluding carboxylic acids is 1. The Hall–Kier alpha value is -3.38. The van der Waals surface area contributed by atoms with Crippen molar-refractivity contribution >= 4 is 28.5 Å². The summed E-state index contributed by atoms with van der Waals surface area (Å²) in [7, 11) is 0.